The van der Waals surface area contributed by atoms with E-state index in [0.717, 1.165) is 10.2 Å². The van der Waals surface area contributed by atoms with E-state index < -0.39 is 10.0 Å². The fraction of sp³-hybridized carbons (Fsp3) is 0.200. The monoisotopic (exact) mass is 161 g/mol. The molecule has 1 aromatic heterocycles. The van der Waals surface area contributed by atoms with Crippen LogP contribution in [0.25, 0.3) is 0 Å². The summed E-state index contributed by atoms with van der Waals surface area (Å²) < 4.78 is 22.2. The smallest absolute Gasteiger partial charge is 0.238 e. The molecule has 1 aromatic rings. The quantitative estimate of drug-likeness (QED) is 0.630. The molecule has 0 amide bonds. The van der Waals surface area contributed by atoms with Gasteiger partial charge in [-0.1, -0.05) is 0 Å². The van der Waals surface area contributed by atoms with E-state index in [1.54, 1.807) is 0 Å². The van der Waals surface area contributed by atoms with Gasteiger partial charge < -0.3 is 5.11 Å². The molecule has 0 saturated heterocycles. The number of nitrogens with zero attached hydrogens (tertiary/aromatic N) is 1. The largest absolute Gasteiger partial charge is 0.494 e. The van der Waals surface area contributed by atoms with Crippen LogP contribution in [0.15, 0.2) is 18.3 Å². The normalized spacial score (nSPS) is 11.7. The van der Waals surface area contributed by atoms with Crippen LogP contribution < -0.4 is 0 Å². The first-order chi connectivity index (χ1) is 4.52. The van der Waals surface area contributed by atoms with Gasteiger partial charge in [-0.3, -0.25) is 0 Å². The number of hydrogen-bond donors (Lipinski definition) is 1. The summed E-state index contributed by atoms with van der Waals surface area (Å²) in [5.74, 6) is -0.262. The molecule has 10 heavy (non-hydrogen) atoms. The molecule has 0 saturated carbocycles. The van der Waals surface area contributed by atoms with Crippen molar-refractivity contribution in [1.29, 1.82) is 0 Å². The topological polar surface area (TPSA) is 59.3 Å². The van der Waals surface area contributed by atoms with Gasteiger partial charge in [0.2, 0.25) is 15.9 Å². The van der Waals surface area contributed by atoms with Crippen LogP contribution in [0.5, 0.6) is 5.88 Å². The van der Waals surface area contributed by atoms with Gasteiger partial charge in [-0.2, -0.15) is 0 Å². The zero-order valence-electron chi connectivity index (χ0n) is 5.35. The van der Waals surface area contributed by atoms with E-state index in [4.69, 9.17) is 5.11 Å². The Kier molecular flexibility index (Phi) is 1.44. The summed E-state index contributed by atoms with van der Waals surface area (Å²) in [6.45, 7) is 0. The summed E-state index contributed by atoms with van der Waals surface area (Å²) in [6.07, 6.45) is 2.30. The molecule has 0 radical (unpaired) electrons. The standard InChI is InChI=1S/C5H7NO3S/c1-10(8,9)6-4-2-3-5(6)7/h2-4,7H,1H3. The third kappa shape index (κ3) is 1.13. The predicted octanol–water partition coefficient (Wildman–Crippen LogP) is 0.00140. The van der Waals surface area contributed by atoms with Crippen molar-refractivity contribution in [2.45, 2.75) is 0 Å². The molecule has 0 atom stereocenters. The summed E-state index contributed by atoms with van der Waals surface area (Å²) in [5.41, 5.74) is 0. The summed E-state index contributed by atoms with van der Waals surface area (Å²) in [4.78, 5) is 0. The average molecular weight is 161 g/mol. The highest BCUT2D eigenvalue weighted by Gasteiger charge is 2.07. The molecule has 56 valence electrons. The Bertz CT molecular complexity index is 324. The minimum Gasteiger partial charge on any atom is -0.494 e. The molecule has 0 fully saturated rings. The highest BCUT2D eigenvalue weighted by molar-refractivity contribution is 7.89. The van der Waals surface area contributed by atoms with E-state index in [-0.39, 0.29) is 5.88 Å². The molecular formula is C5H7NO3S. The van der Waals surface area contributed by atoms with Gasteiger partial charge >= 0.3 is 0 Å². The first kappa shape index (κ1) is 7.14. The third-order valence-electron chi connectivity index (χ3n) is 1.05. The van der Waals surface area contributed by atoms with Crippen molar-refractivity contribution in [3.05, 3.63) is 18.3 Å². The molecule has 1 rings (SSSR count). The molecule has 0 unspecified atom stereocenters. The van der Waals surface area contributed by atoms with Crippen molar-refractivity contribution < 1.29 is 13.5 Å². The lowest BCUT2D eigenvalue weighted by Gasteiger charge is -1.98. The molecule has 0 aliphatic carbocycles. The van der Waals surface area contributed by atoms with E-state index in [2.05, 4.69) is 0 Å². The fourth-order valence-corrected chi connectivity index (χ4v) is 1.33. The maximum absolute atomic E-state index is 10.7. The Morgan fingerprint density at radius 1 is 1.60 bits per heavy atom. The van der Waals surface area contributed by atoms with Gasteiger partial charge in [-0.25, -0.2) is 12.4 Å². The van der Waals surface area contributed by atoms with E-state index in [9.17, 15) is 8.42 Å². The second-order valence-corrected chi connectivity index (χ2v) is 3.78. The SMILES string of the molecule is CS(=O)(=O)n1cccc1O. The van der Waals surface area contributed by atoms with Gasteiger partial charge in [0.25, 0.3) is 0 Å². The molecule has 5 heteroatoms. The highest BCUT2D eigenvalue weighted by atomic mass is 32.2. The van der Waals surface area contributed by atoms with Crippen LogP contribution in [0.3, 0.4) is 0 Å². The van der Waals surface area contributed by atoms with E-state index >= 15 is 0 Å². The lowest BCUT2D eigenvalue weighted by Crippen LogP contribution is -2.07. The maximum Gasteiger partial charge on any atom is 0.238 e. The van der Waals surface area contributed by atoms with Crippen LogP contribution in [0, 0.1) is 0 Å². The zero-order valence-corrected chi connectivity index (χ0v) is 6.17. The molecule has 4 nitrogen and oxygen atoms in total. The zero-order chi connectivity index (χ0) is 7.78. The molecule has 1 heterocycles. The van der Waals surface area contributed by atoms with Crippen LogP contribution >= 0.6 is 0 Å². The number of hydrogen-bond acceptors (Lipinski definition) is 3. The Morgan fingerprint density at radius 3 is 2.40 bits per heavy atom. The summed E-state index contributed by atoms with van der Waals surface area (Å²) in [5, 5.41) is 8.87. The van der Waals surface area contributed by atoms with Gasteiger partial charge in [0.1, 0.15) is 0 Å². The van der Waals surface area contributed by atoms with Gasteiger partial charge in [0, 0.05) is 12.3 Å². The average Bonchev–Trinajstić information content (AvgIpc) is 2.11. The Labute approximate surface area is 58.8 Å². The van der Waals surface area contributed by atoms with Crippen molar-refractivity contribution in [3.63, 3.8) is 0 Å². The molecule has 0 spiro atoms. The molecule has 0 aromatic carbocycles. The lowest BCUT2D eigenvalue weighted by molar-refractivity contribution is 0.446. The molecule has 0 aliphatic heterocycles. The Hall–Kier alpha value is -0.970. The summed E-state index contributed by atoms with van der Waals surface area (Å²) >= 11 is 0. The number of rotatable bonds is 1. The van der Waals surface area contributed by atoms with Crippen LogP contribution in [0.2, 0.25) is 0 Å². The van der Waals surface area contributed by atoms with Crippen molar-refractivity contribution in [1.82, 2.24) is 3.97 Å². The molecule has 0 bridgehead atoms. The fourth-order valence-electron chi connectivity index (χ4n) is 0.638. The van der Waals surface area contributed by atoms with Gasteiger partial charge in [0.05, 0.1) is 6.26 Å². The first-order valence-electron chi connectivity index (χ1n) is 2.58. The van der Waals surface area contributed by atoms with Crippen LogP contribution in [-0.4, -0.2) is 23.8 Å². The second kappa shape index (κ2) is 2.02. The van der Waals surface area contributed by atoms with E-state index in [1.807, 2.05) is 0 Å². The van der Waals surface area contributed by atoms with Gasteiger partial charge in [0.15, 0.2) is 0 Å². The Balaban J connectivity index is 3.32. The van der Waals surface area contributed by atoms with Gasteiger partial charge in [-0.15, -0.1) is 0 Å². The van der Waals surface area contributed by atoms with E-state index in [0.29, 0.717) is 0 Å². The maximum atomic E-state index is 10.7. The third-order valence-corrected chi connectivity index (χ3v) is 2.07. The number of aromatic hydroxyl groups is 1. The van der Waals surface area contributed by atoms with Crippen LogP contribution in [0.1, 0.15) is 0 Å². The molecule has 1 N–H and O–H groups in total. The molecule has 0 aliphatic rings. The molecular weight excluding hydrogens is 154 g/mol. The van der Waals surface area contributed by atoms with Crippen molar-refractivity contribution in [2.75, 3.05) is 6.26 Å². The van der Waals surface area contributed by atoms with Gasteiger partial charge in [-0.05, 0) is 6.07 Å². The summed E-state index contributed by atoms with van der Waals surface area (Å²) in [6, 6.07) is 2.76. The van der Waals surface area contributed by atoms with Crippen molar-refractivity contribution >= 4 is 10.0 Å². The summed E-state index contributed by atoms with van der Waals surface area (Å²) in [7, 11) is -3.32. The minimum atomic E-state index is -3.32. The lowest BCUT2D eigenvalue weighted by atomic mass is 10.7. The van der Waals surface area contributed by atoms with E-state index in [1.165, 1.54) is 18.3 Å². The van der Waals surface area contributed by atoms with Crippen LogP contribution in [0.4, 0.5) is 0 Å². The minimum absolute atomic E-state index is 0.262. The van der Waals surface area contributed by atoms with Crippen molar-refractivity contribution in [3.8, 4) is 5.88 Å². The van der Waals surface area contributed by atoms with Crippen LogP contribution in [-0.2, 0) is 10.0 Å². The Morgan fingerprint density at radius 2 is 2.20 bits per heavy atom. The predicted molar refractivity (Wildman–Crippen MR) is 36.3 cm³/mol. The second-order valence-electron chi connectivity index (χ2n) is 1.93. The van der Waals surface area contributed by atoms with Crippen molar-refractivity contribution in [2.24, 2.45) is 0 Å². The first-order valence-corrected chi connectivity index (χ1v) is 4.43. The highest BCUT2D eigenvalue weighted by Crippen LogP contribution is 2.10. The number of aromatic nitrogens is 1.